The van der Waals surface area contributed by atoms with Gasteiger partial charge in [0.2, 0.25) is 5.88 Å². The van der Waals surface area contributed by atoms with Gasteiger partial charge in [-0.1, -0.05) is 18.2 Å². The van der Waals surface area contributed by atoms with E-state index in [0.29, 0.717) is 12.4 Å². The summed E-state index contributed by atoms with van der Waals surface area (Å²) in [7, 11) is 1.64. The molecule has 3 heteroatoms. The number of hydrogen-bond acceptors (Lipinski definition) is 3. The highest BCUT2D eigenvalue weighted by atomic mass is 16.5. The van der Waals surface area contributed by atoms with Crippen LogP contribution in [-0.4, -0.2) is 12.1 Å². The molecule has 0 spiro atoms. The van der Waals surface area contributed by atoms with Gasteiger partial charge in [-0.15, -0.1) is 0 Å². The molecule has 0 amide bonds. The molecule has 1 heterocycles. The molecule has 0 fully saturated rings. The van der Waals surface area contributed by atoms with Crippen LogP contribution < -0.4 is 10.1 Å². The van der Waals surface area contributed by atoms with Crippen molar-refractivity contribution in [1.82, 2.24) is 4.98 Å². The standard InChI is InChI=1S/C15H18N2O/c1-11-6-4-8-14(12(11)2)17-10-13-7-5-9-16-15(13)18-3/h4-9,17H,10H2,1-3H3. The number of hydrogen-bond donors (Lipinski definition) is 1. The molecule has 1 aromatic heterocycles. The number of aryl methyl sites for hydroxylation is 1. The van der Waals surface area contributed by atoms with Crippen molar-refractivity contribution in [3.05, 3.63) is 53.2 Å². The minimum atomic E-state index is 0.676. The third kappa shape index (κ3) is 2.62. The van der Waals surface area contributed by atoms with Crippen molar-refractivity contribution in [2.24, 2.45) is 0 Å². The Labute approximate surface area is 108 Å². The van der Waals surface area contributed by atoms with Gasteiger partial charge in [-0.2, -0.15) is 0 Å². The number of anilines is 1. The average molecular weight is 242 g/mol. The summed E-state index contributed by atoms with van der Waals surface area (Å²) in [6.07, 6.45) is 1.74. The first kappa shape index (κ1) is 12.4. The van der Waals surface area contributed by atoms with E-state index in [-0.39, 0.29) is 0 Å². The van der Waals surface area contributed by atoms with E-state index in [1.165, 1.54) is 11.1 Å². The Balaban J connectivity index is 2.14. The van der Waals surface area contributed by atoms with Gasteiger partial charge in [0.25, 0.3) is 0 Å². The lowest BCUT2D eigenvalue weighted by molar-refractivity contribution is 0.393. The minimum Gasteiger partial charge on any atom is -0.481 e. The fourth-order valence-electron chi connectivity index (χ4n) is 1.88. The molecule has 1 aromatic carbocycles. The van der Waals surface area contributed by atoms with Crippen LogP contribution in [0.2, 0.25) is 0 Å². The molecule has 1 N–H and O–H groups in total. The molecular formula is C15H18N2O. The Morgan fingerprint density at radius 3 is 2.78 bits per heavy atom. The normalized spacial score (nSPS) is 10.2. The smallest absolute Gasteiger partial charge is 0.218 e. The van der Waals surface area contributed by atoms with Crippen LogP contribution in [0, 0.1) is 13.8 Å². The third-order valence-corrected chi connectivity index (χ3v) is 3.12. The van der Waals surface area contributed by atoms with E-state index in [4.69, 9.17) is 4.74 Å². The molecule has 94 valence electrons. The molecule has 2 rings (SSSR count). The summed E-state index contributed by atoms with van der Waals surface area (Å²) in [5, 5.41) is 3.42. The summed E-state index contributed by atoms with van der Waals surface area (Å²) in [6.45, 7) is 4.95. The molecule has 0 aliphatic carbocycles. The summed E-state index contributed by atoms with van der Waals surface area (Å²) in [6, 6.07) is 10.2. The number of rotatable bonds is 4. The van der Waals surface area contributed by atoms with E-state index in [0.717, 1.165) is 11.3 Å². The van der Waals surface area contributed by atoms with Crippen LogP contribution in [0.3, 0.4) is 0 Å². The monoisotopic (exact) mass is 242 g/mol. The van der Waals surface area contributed by atoms with Gasteiger partial charge in [0, 0.05) is 24.0 Å². The third-order valence-electron chi connectivity index (χ3n) is 3.12. The number of methoxy groups -OCH3 is 1. The first-order valence-corrected chi connectivity index (χ1v) is 6.00. The van der Waals surface area contributed by atoms with Crippen molar-refractivity contribution >= 4 is 5.69 Å². The maximum absolute atomic E-state index is 5.24. The van der Waals surface area contributed by atoms with E-state index < -0.39 is 0 Å². The molecule has 18 heavy (non-hydrogen) atoms. The van der Waals surface area contributed by atoms with Crippen LogP contribution in [0.1, 0.15) is 16.7 Å². The Kier molecular flexibility index (Phi) is 3.82. The van der Waals surface area contributed by atoms with Gasteiger partial charge in [0.15, 0.2) is 0 Å². The van der Waals surface area contributed by atoms with Crippen molar-refractivity contribution in [2.45, 2.75) is 20.4 Å². The van der Waals surface area contributed by atoms with Crippen molar-refractivity contribution in [3.63, 3.8) is 0 Å². The van der Waals surface area contributed by atoms with Crippen LogP contribution in [0.25, 0.3) is 0 Å². The molecule has 0 unspecified atom stereocenters. The molecule has 0 bridgehead atoms. The van der Waals surface area contributed by atoms with E-state index in [1.807, 2.05) is 12.1 Å². The van der Waals surface area contributed by atoms with E-state index >= 15 is 0 Å². The largest absolute Gasteiger partial charge is 0.481 e. The second-order valence-corrected chi connectivity index (χ2v) is 4.27. The van der Waals surface area contributed by atoms with Crippen LogP contribution in [0.15, 0.2) is 36.5 Å². The Bertz CT molecular complexity index is 538. The summed E-state index contributed by atoms with van der Waals surface area (Å²) < 4.78 is 5.24. The van der Waals surface area contributed by atoms with Crippen molar-refractivity contribution in [2.75, 3.05) is 12.4 Å². The summed E-state index contributed by atoms with van der Waals surface area (Å²) in [4.78, 5) is 4.19. The molecule has 2 aromatic rings. The first-order chi connectivity index (χ1) is 8.72. The van der Waals surface area contributed by atoms with Gasteiger partial charge in [-0.25, -0.2) is 4.98 Å². The van der Waals surface area contributed by atoms with Crippen molar-refractivity contribution in [1.29, 1.82) is 0 Å². The molecule has 3 nitrogen and oxygen atoms in total. The predicted octanol–water partition coefficient (Wildman–Crippen LogP) is 3.32. The SMILES string of the molecule is COc1ncccc1CNc1cccc(C)c1C. The zero-order valence-electron chi connectivity index (χ0n) is 11.0. The van der Waals surface area contributed by atoms with Crippen molar-refractivity contribution < 1.29 is 4.74 Å². The highest BCUT2D eigenvalue weighted by Gasteiger charge is 2.04. The Morgan fingerprint density at radius 1 is 1.17 bits per heavy atom. The molecule has 0 saturated heterocycles. The molecule has 0 radical (unpaired) electrons. The van der Waals surface area contributed by atoms with E-state index in [1.54, 1.807) is 13.3 Å². The van der Waals surface area contributed by atoms with Gasteiger partial charge in [0.1, 0.15) is 0 Å². The number of benzene rings is 1. The van der Waals surface area contributed by atoms with E-state index in [9.17, 15) is 0 Å². The van der Waals surface area contributed by atoms with Gasteiger partial charge < -0.3 is 10.1 Å². The predicted molar refractivity (Wildman–Crippen MR) is 74.0 cm³/mol. The van der Waals surface area contributed by atoms with Crippen LogP contribution in [-0.2, 0) is 6.54 Å². The lowest BCUT2D eigenvalue weighted by atomic mass is 10.1. The number of aromatic nitrogens is 1. The lowest BCUT2D eigenvalue weighted by Gasteiger charge is -2.12. The molecule has 0 saturated carbocycles. The van der Waals surface area contributed by atoms with E-state index in [2.05, 4.69) is 42.3 Å². The van der Waals surface area contributed by atoms with Crippen LogP contribution in [0.4, 0.5) is 5.69 Å². The topological polar surface area (TPSA) is 34.1 Å². The summed E-state index contributed by atoms with van der Waals surface area (Å²) in [5.41, 5.74) is 4.78. The fraction of sp³-hybridized carbons (Fsp3) is 0.267. The molecule has 0 aliphatic rings. The minimum absolute atomic E-state index is 0.676. The molecular weight excluding hydrogens is 224 g/mol. The van der Waals surface area contributed by atoms with Gasteiger partial charge >= 0.3 is 0 Å². The lowest BCUT2D eigenvalue weighted by Crippen LogP contribution is -2.04. The quantitative estimate of drug-likeness (QED) is 0.893. The highest BCUT2D eigenvalue weighted by molar-refractivity contribution is 5.54. The van der Waals surface area contributed by atoms with Gasteiger partial charge in [-0.3, -0.25) is 0 Å². The maximum atomic E-state index is 5.24. The second-order valence-electron chi connectivity index (χ2n) is 4.27. The second kappa shape index (κ2) is 5.54. The Hall–Kier alpha value is -2.03. The van der Waals surface area contributed by atoms with Gasteiger partial charge in [-0.05, 0) is 37.1 Å². The number of ether oxygens (including phenoxy) is 1. The van der Waals surface area contributed by atoms with Crippen LogP contribution in [0.5, 0.6) is 5.88 Å². The van der Waals surface area contributed by atoms with Gasteiger partial charge in [0.05, 0.1) is 7.11 Å². The number of nitrogens with one attached hydrogen (secondary N) is 1. The van der Waals surface area contributed by atoms with Crippen molar-refractivity contribution in [3.8, 4) is 5.88 Å². The fourth-order valence-corrected chi connectivity index (χ4v) is 1.88. The zero-order chi connectivity index (χ0) is 13.0. The van der Waals surface area contributed by atoms with Crippen LogP contribution >= 0.6 is 0 Å². The summed E-state index contributed by atoms with van der Waals surface area (Å²) in [5.74, 6) is 0.676. The molecule has 0 atom stereocenters. The first-order valence-electron chi connectivity index (χ1n) is 6.00. The Morgan fingerprint density at radius 2 is 2.00 bits per heavy atom. The maximum Gasteiger partial charge on any atom is 0.218 e. The molecule has 0 aliphatic heterocycles. The average Bonchev–Trinajstić information content (AvgIpc) is 2.41. The zero-order valence-corrected chi connectivity index (χ0v) is 11.0. The highest BCUT2D eigenvalue weighted by Crippen LogP contribution is 2.20. The number of nitrogens with zero attached hydrogens (tertiary/aromatic N) is 1. The number of pyridine rings is 1. The summed E-state index contributed by atoms with van der Waals surface area (Å²) >= 11 is 0.